The molecule has 4 aromatic rings. The highest BCUT2D eigenvalue weighted by Crippen LogP contribution is 2.37. The average Bonchev–Trinajstić information content (AvgIpc) is 3.02. The summed E-state index contributed by atoms with van der Waals surface area (Å²) in [7, 11) is 5.03. The van der Waals surface area contributed by atoms with Gasteiger partial charge < -0.3 is 29.6 Å². The molecule has 2 atom stereocenters. The molecule has 0 spiro atoms. The predicted octanol–water partition coefficient (Wildman–Crippen LogP) is 6.07. The molecule has 6 rings (SSSR count). The summed E-state index contributed by atoms with van der Waals surface area (Å²) in [5.74, 6) is 3.41. The Morgan fingerprint density at radius 2 is 1.31 bits per heavy atom. The highest BCUT2D eigenvalue weighted by atomic mass is 16.5. The average molecular weight is 566 g/mol. The minimum absolute atomic E-state index is 0.171. The molecular weight excluding hydrogens is 526 g/mol. The smallest absolute Gasteiger partial charge is 0.219 e. The summed E-state index contributed by atoms with van der Waals surface area (Å²) in [5, 5.41) is 7.34. The van der Waals surface area contributed by atoms with Gasteiger partial charge in [-0.3, -0.25) is 0 Å². The van der Waals surface area contributed by atoms with Crippen LogP contribution in [0, 0.1) is 6.92 Å². The van der Waals surface area contributed by atoms with Gasteiger partial charge in [-0.2, -0.15) is 0 Å². The van der Waals surface area contributed by atoms with E-state index in [4.69, 9.17) is 18.9 Å². The van der Waals surface area contributed by atoms with Gasteiger partial charge in [-0.1, -0.05) is 35.9 Å². The third kappa shape index (κ3) is 5.94. The molecule has 0 bridgehead atoms. The van der Waals surface area contributed by atoms with Crippen LogP contribution >= 0.6 is 0 Å². The minimum atomic E-state index is 0.171. The Morgan fingerprint density at radius 3 is 2.02 bits per heavy atom. The van der Waals surface area contributed by atoms with E-state index in [-0.39, 0.29) is 12.1 Å². The normalized spacial score (nSPS) is 17.6. The molecule has 2 aliphatic heterocycles. The Kier molecular flexibility index (Phi) is 8.31. The van der Waals surface area contributed by atoms with E-state index in [0.717, 1.165) is 55.8 Å². The molecule has 3 heterocycles. The van der Waals surface area contributed by atoms with Gasteiger partial charge in [0.1, 0.15) is 0 Å². The van der Waals surface area contributed by atoms with Crippen molar-refractivity contribution in [1.82, 2.24) is 15.6 Å². The van der Waals surface area contributed by atoms with Gasteiger partial charge in [0.25, 0.3) is 0 Å². The van der Waals surface area contributed by atoms with E-state index in [9.17, 15) is 0 Å². The van der Waals surface area contributed by atoms with Crippen molar-refractivity contribution >= 4 is 0 Å². The number of hydrogen-bond donors (Lipinski definition) is 2. The van der Waals surface area contributed by atoms with Crippen LogP contribution in [0.1, 0.15) is 51.0 Å². The maximum atomic E-state index is 6.17. The molecule has 3 aromatic carbocycles. The Morgan fingerprint density at radius 1 is 0.667 bits per heavy atom. The highest BCUT2D eigenvalue weighted by Gasteiger charge is 2.24. The summed E-state index contributed by atoms with van der Waals surface area (Å²) >= 11 is 0. The quantitative estimate of drug-likeness (QED) is 0.255. The van der Waals surface area contributed by atoms with E-state index in [2.05, 4.69) is 71.1 Å². The second-order valence-corrected chi connectivity index (χ2v) is 11.1. The number of aryl methyl sites for hydroxylation is 1. The number of nitrogens with one attached hydrogen (secondary N) is 2. The molecule has 2 aliphatic rings. The van der Waals surface area contributed by atoms with Gasteiger partial charge >= 0.3 is 0 Å². The molecule has 42 heavy (non-hydrogen) atoms. The van der Waals surface area contributed by atoms with E-state index in [0.29, 0.717) is 17.4 Å². The first kappa shape index (κ1) is 28.1. The number of hydrogen-bond acceptors (Lipinski definition) is 7. The summed E-state index contributed by atoms with van der Waals surface area (Å²) < 4.78 is 23.0. The second-order valence-electron chi connectivity index (χ2n) is 11.1. The van der Waals surface area contributed by atoms with E-state index in [1.807, 2.05) is 18.3 Å². The Balaban J connectivity index is 1.13. The Labute approximate surface area is 248 Å². The Hall–Kier alpha value is -4.07. The van der Waals surface area contributed by atoms with Crippen LogP contribution in [0.3, 0.4) is 0 Å². The van der Waals surface area contributed by atoms with Crippen molar-refractivity contribution in [3.05, 3.63) is 106 Å². The van der Waals surface area contributed by atoms with Crippen molar-refractivity contribution in [1.29, 1.82) is 0 Å². The van der Waals surface area contributed by atoms with Crippen LogP contribution in [0.5, 0.6) is 28.9 Å². The largest absolute Gasteiger partial charge is 0.493 e. The van der Waals surface area contributed by atoms with Crippen LogP contribution in [-0.2, 0) is 25.7 Å². The maximum Gasteiger partial charge on any atom is 0.219 e. The fraction of sp³-hybridized carbons (Fsp3) is 0.343. The van der Waals surface area contributed by atoms with Crippen molar-refractivity contribution < 1.29 is 18.9 Å². The molecule has 0 radical (unpaired) electrons. The highest BCUT2D eigenvalue weighted by molar-refractivity contribution is 5.50. The SMILES string of the molecule is COc1cc2c(cc1OC)[C@@H](Cc1ccc(Oc3ccc(C[C@H]4NCCc5cc(C)ccc54)cc3OC)nc1)NCC2. The number of methoxy groups -OCH3 is 3. The zero-order valence-electron chi connectivity index (χ0n) is 24.8. The first-order chi connectivity index (χ1) is 20.5. The summed E-state index contributed by atoms with van der Waals surface area (Å²) in [6.07, 6.45) is 5.62. The molecule has 0 saturated carbocycles. The summed E-state index contributed by atoms with van der Waals surface area (Å²) in [5.41, 5.74) is 9.01. The number of nitrogens with zero attached hydrogens (tertiary/aromatic N) is 1. The number of rotatable bonds is 9. The van der Waals surface area contributed by atoms with Crippen molar-refractivity contribution in [3.63, 3.8) is 0 Å². The van der Waals surface area contributed by atoms with Crippen LogP contribution in [0.2, 0.25) is 0 Å². The lowest BCUT2D eigenvalue weighted by Gasteiger charge is -2.28. The number of pyridine rings is 1. The molecule has 0 aliphatic carbocycles. The molecule has 0 saturated heterocycles. The standard InChI is InChI=1S/C35H39N3O4/c1-22-5-8-27-25(15-22)11-13-36-29(27)16-23-6-9-31(32(18-23)39-2)42-35-10-7-24(21-38-35)17-30-28-20-34(41-4)33(40-3)19-26(28)12-14-37-30/h5-10,15,18-21,29-30,36-37H,11-14,16-17H2,1-4H3/t29-,30-/m1/s1. The van der Waals surface area contributed by atoms with Crippen LogP contribution in [0.15, 0.2) is 66.9 Å². The topological polar surface area (TPSA) is 73.9 Å². The van der Waals surface area contributed by atoms with E-state index >= 15 is 0 Å². The van der Waals surface area contributed by atoms with Crippen LogP contribution in [0.4, 0.5) is 0 Å². The van der Waals surface area contributed by atoms with Crippen LogP contribution < -0.4 is 29.6 Å². The number of fused-ring (bicyclic) bond motifs is 2. The second kappa shape index (κ2) is 12.4. The molecule has 7 nitrogen and oxygen atoms in total. The zero-order valence-corrected chi connectivity index (χ0v) is 24.8. The molecule has 2 N–H and O–H groups in total. The molecule has 0 amide bonds. The first-order valence-corrected chi connectivity index (χ1v) is 14.6. The third-order valence-electron chi connectivity index (χ3n) is 8.38. The summed E-state index contributed by atoms with van der Waals surface area (Å²) in [6.45, 7) is 4.07. The fourth-order valence-corrected chi connectivity index (χ4v) is 6.21. The van der Waals surface area contributed by atoms with Gasteiger partial charge in [0.2, 0.25) is 5.88 Å². The monoisotopic (exact) mass is 565 g/mol. The Bertz CT molecular complexity index is 1550. The number of ether oxygens (including phenoxy) is 4. The number of aromatic nitrogens is 1. The summed E-state index contributed by atoms with van der Waals surface area (Å²) in [4.78, 5) is 4.62. The van der Waals surface area contributed by atoms with Gasteiger partial charge in [-0.15, -0.1) is 0 Å². The van der Waals surface area contributed by atoms with Crippen molar-refractivity contribution in [2.75, 3.05) is 34.4 Å². The molecule has 7 heteroatoms. The van der Waals surface area contributed by atoms with Crippen molar-refractivity contribution in [3.8, 4) is 28.9 Å². The van der Waals surface area contributed by atoms with Crippen LogP contribution in [-0.4, -0.2) is 39.4 Å². The van der Waals surface area contributed by atoms with Crippen molar-refractivity contribution in [2.45, 2.75) is 44.7 Å². The van der Waals surface area contributed by atoms with Crippen LogP contribution in [0.25, 0.3) is 0 Å². The van der Waals surface area contributed by atoms with E-state index < -0.39 is 0 Å². The molecule has 1 aromatic heterocycles. The third-order valence-corrected chi connectivity index (χ3v) is 8.38. The molecule has 0 unspecified atom stereocenters. The lowest BCUT2D eigenvalue weighted by molar-refractivity contribution is 0.352. The van der Waals surface area contributed by atoms with Gasteiger partial charge in [0.05, 0.1) is 21.3 Å². The summed E-state index contributed by atoms with van der Waals surface area (Å²) in [6, 6.07) is 21.6. The van der Waals surface area contributed by atoms with Gasteiger partial charge in [0, 0.05) is 24.3 Å². The minimum Gasteiger partial charge on any atom is -0.493 e. The van der Waals surface area contributed by atoms with Crippen molar-refractivity contribution in [2.24, 2.45) is 0 Å². The molecule has 218 valence electrons. The van der Waals surface area contributed by atoms with Gasteiger partial charge in [-0.25, -0.2) is 4.98 Å². The molecular formula is C35H39N3O4. The first-order valence-electron chi connectivity index (χ1n) is 14.6. The number of benzene rings is 3. The van der Waals surface area contributed by atoms with E-state index in [1.165, 1.54) is 33.4 Å². The zero-order chi connectivity index (χ0) is 29.1. The maximum absolute atomic E-state index is 6.17. The fourth-order valence-electron chi connectivity index (χ4n) is 6.21. The van der Waals surface area contributed by atoms with E-state index in [1.54, 1.807) is 21.3 Å². The predicted molar refractivity (Wildman–Crippen MR) is 164 cm³/mol. The molecule has 0 fully saturated rings. The van der Waals surface area contributed by atoms with Gasteiger partial charge in [0.15, 0.2) is 23.0 Å². The lowest BCUT2D eigenvalue weighted by Crippen LogP contribution is -2.31. The lowest BCUT2D eigenvalue weighted by atomic mass is 9.89. The van der Waals surface area contributed by atoms with Gasteiger partial charge in [-0.05, 0) is 103 Å².